The second-order valence-electron chi connectivity index (χ2n) is 3.15. The van der Waals surface area contributed by atoms with E-state index in [2.05, 4.69) is 0 Å². The van der Waals surface area contributed by atoms with E-state index in [-0.39, 0.29) is 0 Å². The minimum Gasteiger partial charge on any atom is -0.424 e. The van der Waals surface area contributed by atoms with Crippen LogP contribution in [0.2, 0.25) is 0 Å². The van der Waals surface area contributed by atoms with Crippen LogP contribution in [0.15, 0.2) is 18.2 Å². The third-order valence-electron chi connectivity index (χ3n) is 2.14. The molecule has 0 amide bonds. The maximum absolute atomic E-state index is 5.52. The molecule has 84 valence electrons. The summed E-state index contributed by atoms with van der Waals surface area (Å²) in [6.45, 7) is 1.46. The first-order valence-electron chi connectivity index (χ1n) is 4.49. The number of benzene rings is 1. The Morgan fingerprint density at radius 3 is 2.13 bits per heavy atom. The van der Waals surface area contributed by atoms with Crippen LogP contribution in [0, 0.1) is 13.8 Å². The van der Waals surface area contributed by atoms with Gasteiger partial charge in [0.25, 0.3) is 0 Å². The summed E-state index contributed by atoms with van der Waals surface area (Å²) < 4.78 is 15.6. The number of aryl methyl sites for hydroxylation is 2. The molecule has 3 nitrogen and oxygen atoms in total. The molecule has 0 saturated heterocycles. The minimum absolute atomic E-state index is 0.685. The van der Waals surface area contributed by atoms with Crippen LogP contribution in [0.1, 0.15) is 11.1 Å². The van der Waals surface area contributed by atoms with Gasteiger partial charge in [0.1, 0.15) is 5.75 Å². The topological polar surface area (TPSA) is 27.7 Å². The van der Waals surface area contributed by atoms with Crippen molar-refractivity contribution in [2.75, 3.05) is 14.2 Å². The summed E-state index contributed by atoms with van der Waals surface area (Å²) in [5.41, 5.74) is 2.37. The molecule has 0 unspecified atom stereocenters. The van der Waals surface area contributed by atoms with Gasteiger partial charge in [0.2, 0.25) is 0 Å². The van der Waals surface area contributed by atoms with Gasteiger partial charge in [-0.1, -0.05) is 6.07 Å². The lowest BCUT2D eigenvalue weighted by molar-refractivity contribution is 0.273. The van der Waals surface area contributed by atoms with E-state index in [1.807, 2.05) is 32.0 Å². The van der Waals surface area contributed by atoms with Gasteiger partial charge < -0.3 is 13.6 Å². The molecule has 0 radical (unpaired) electrons. The zero-order valence-electron chi connectivity index (χ0n) is 9.31. The van der Waals surface area contributed by atoms with Gasteiger partial charge in [-0.05, 0) is 37.1 Å². The second kappa shape index (κ2) is 5.08. The fraction of sp³-hybridized carbons (Fsp3) is 0.400. The van der Waals surface area contributed by atoms with Crippen molar-refractivity contribution < 1.29 is 13.6 Å². The van der Waals surface area contributed by atoms with E-state index in [0.29, 0.717) is 5.75 Å². The van der Waals surface area contributed by atoms with Gasteiger partial charge in [-0.3, -0.25) is 0 Å². The van der Waals surface area contributed by atoms with E-state index >= 15 is 0 Å². The predicted molar refractivity (Wildman–Crippen MR) is 64.8 cm³/mol. The van der Waals surface area contributed by atoms with Crippen molar-refractivity contribution in [3.8, 4) is 5.75 Å². The monoisotopic (exact) mass is 246 g/mol. The Morgan fingerprint density at radius 2 is 1.67 bits per heavy atom. The van der Waals surface area contributed by atoms with E-state index in [1.165, 1.54) is 19.8 Å². The molecule has 0 atom stereocenters. The molecule has 1 aromatic rings. The van der Waals surface area contributed by atoms with Crippen LogP contribution in [0.3, 0.4) is 0 Å². The summed E-state index contributed by atoms with van der Waals surface area (Å²) in [6.07, 6.45) is 0. The van der Waals surface area contributed by atoms with Crippen molar-refractivity contribution in [3.63, 3.8) is 0 Å². The standard InChI is InChI=1S/C10H15O3PS/c1-8-5-6-10(7-9(8)2)13-14(15,11-3)12-4/h5-7H,1-4H3. The van der Waals surface area contributed by atoms with E-state index in [0.717, 1.165) is 5.56 Å². The maximum atomic E-state index is 5.52. The molecule has 0 aromatic heterocycles. The third-order valence-corrected chi connectivity index (χ3v) is 4.59. The first-order chi connectivity index (χ1) is 7.00. The Bertz CT molecular complexity index is 384. The highest BCUT2D eigenvalue weighted by Gasteiger charge is 2.18. The Balaban J connectivity index is 2.90. The van der Waals surface area contributed by atoms with Gasteiger partial charge in [0.15, 0.2) is 0 Å². The average molecular weight is 246 g/mol. The van der Waals surface area contributed by atoms with Gasteiger partial charge in [0.05, 0.1) is 0 Å². The van der Waals surface area contributed by atoms with Crippen molar-refractivity contribution in [1.82, 2.24) is 0 Å². The highest BCUT2D eigenvalue weighted by atomic mass is 32.5. The van der Waals surface area contributed by atoms with Gasteiger partial charge in [-0.15, -0.1) is 0 Å². The maximum Gasteiger partial charge on any atom is 0.380 e. The highest BCUT2D eigenvalue weighted by Crippen LogP contribution is 2.48. The number of hydrogen-bond acceptors (Lipinski definition) is 4. The molecule has 0 N–H and O–H groups in total. The van der Waals surface area contributed by atoms with Crippen molar-refractivity contribution in [1.29, 1.82) is 0 Å². The fourth-order valence-electron chi connectivity index (χ4n) is 1.05. The Hall–Kier alpha value is -0.410. The highest BCUT2D eigenvalue weighted by molar-refractivity contribution is 8.07. The van der Waals surface area contributed by atoms with Crippen molar-refractivity contribution in [2.45, 2.75) is 13.8 Å². The molecule has 1 rings (SSSR count). The summed E-state index contributed by atoms with van der Waals surface area (Å²) in [5, 5.41) is 0. The molecule has 0 aliphatic rings. The van der Waals surface area contributed by atoms with Crippen LogP contribution in [-0.2, 0) is 20.9 Å². The molecule has 0 heterocycles. The third kappa shape index (κ3) is 3.28. The Kier molecular flexibility index (Phi) is 4.29. The van der Waals surface area contributed by atoms with Crippen LogP contribution in [0.4, 0.5) is 0 Å². The van der Waals surface area contributed by atoms with E-state index in [4.69, 9.17) is 25.4 Å². The molecule has 1 aromatic carbocycles. The molecule has 15 heavy (non-hydrogen) atoms. The van der Waals surface area contributed by atoms with E-state index < -0.39 is 6.72 Å². The van der Waals surface area contributed by atoms with Crippen LogP contribution < -0.4 is 4.52 Å². The van der Waals surface area contributed by atoms with Crippen LogP contribution >= 0.6 is 6.72 Å². The molecular formula is C10H15O3PS. The smallest absolute Gasteiger partial charge is 0.380 e. The number of hydrogen-bond donors (Lipinski definition) is 0. The Labute approximate surface area is 95.6 Å². The normalized spacial score (nSPS) is 11.5. The number of rotatable bonds is 4. The molecule has 0 saturated carbocycles. The lowest BCUT2D eigenvalue weighted by Gasteiger charge is -2.18. The zero-order chi connectivity index (χ0) is 11.5. The molecule has 5 heteroatoms. The minimum atomic E-state index is -2.60. The molecule has 0 spiro atoms. The van der Waals surface area contributed by atoms with Crippen molar-refractivity contribution in [2.24, 2.45) is 0 Å². The zero-order valence-corrected chi connectivity index (χ0v) is 11.0. The van der Waals surface area contributed by atoms with Gasteiger partial charge in [-0.25, -0.2) is 0 Å². The van der Waals surface area contributed by atoms with Gasteiger partial charge >= 0.3 is 6.72 Å². The van der Waals surface area contributed by atoms with Gasteiger partial charge in [0, 0.05) is 26.0 Å². The first-order valence-corrected chi connectivity index (χ1v) is 7.04. The summed E-state index contributed by atoms with van der Waals surface area (Å²) in [5.74, 6) is 0.685. The second-order valence-corrected chi connectivity index (χ2v) is 6.30. The molecule has 0 aliphatic carbocycles. The quantitative estimate of drug-likeness (QED) is 0.762. The summed E-state index contributed by atoms with van der Waals surface area (Å²) in [4.78, 5) is 0. The van der Waals surface area contributed by atoms with Gasteiger partial charge in [-0.2, -0.15) is 0 Å². The molecule has 0 fully saturated rings. The predicted octanol–water partition coefficient (Wildman–Crippen LogP) is 3.20. The SMILES string of the molecule is COP(=S)(OC)Oc1ccc(C)c(C)c1. The van der Waals surface area contributed by atoms with Crippen LogP contribution in [-0.4, -0.2) is 14.2 Å². The van der Waals surface area contributed by atoms with Crippen LogP contribution in [0.25, 0.3) is 0 Å². The Morgan fingerprint density at radius 1 is 1.07 bits per heavy atom. The summed E-state index contributed by atoms with van der Waals surface area (Å²) >= 11 is 5.11. The van der Waals surface area contributed by atoms with E-state index in [9.17, 15) is 0 Å². The van der Waals surface area contributed by atoms with Crippen molar-refractivity contribution >= 4 is 18.5 Å². The molecular weight excluding hydrogens is 231 g/mol. The largest absolute Gasteiger partial charge is 0.424 e. The molecule has 0 bridgehead atoms. The first kappa shape index (κ1) is 12.7. The lowest BCUT2D eigenvalue weighted by Crippen LogP contribution is -1.97. The molecule has 0 aliphatic heterocycles. The van der Waals surface area contributed by atoms with Crippen LogP contribution in [0.5, 0.6) is 5.75 Å². The van der Waals surface area contributed by atoms with E-state index in [1.54, 1.807) is 0 Å². The fourth-order valence-corrected chi connectivity index (χ4v) is 1.98. The summed E-state index contributed by atoms with van der Waals surface area (Å²) in [7, 11) is 2.98. The average Bonchev–Trinajstić information content (AvgIpc) is 2.23. The van der Waals surface area contributed by atoms with Crippen molar-refractivity contribution in [3.05, 3.63) is 29.3 Å². The summed E-state index contributed by atoms with van der Waals surface area (Å²) in [6, 6.07) is 5.77. The lowest BCUT2D eigenvalue weighted by atomic mass is 10.1.